The summed E-state index contributed by atoms with van der Waals surface area (Å²) in [6.07, 6.45) is 28.7. The van der Waals surface area contributed by atoms with Gasteiger partial charge in [0, 0.05) is 37.9 Å². The SMILES string of the molecule is CCCCCCCCCC=CCCCN(CC(O)C[PH](=O)CCN(C)C)C(=O)C(CCCC)CCCCCCCC. The van der Waals surface area contributed by atoms with Crippen molar-refractivity contribution in [3.63, 3.8) is 0 Å². The van der Waals surface area contributed by atoms with Crippen molar-refractivity contribution >= 4 is 13.7 Å². The van der Waals surface area contributed by atoms with Gasteiger partial charge in [0.15, 0.2) is 0 Å². The van der Waals surface area contributed by atoms with E-state index in [-0.39, 0.29) is 11.8 Å². The third-order valence-electron chi connectivity index (χ3n) is 8.15. The van der Waals surface area contributed by atoms with Crippen molar-refractivity contribution in [2.75, 3.05) is 46.1 Å². The second kappa shape index (κ2) is 29.4. The summed E-state index contributed by atoms with van der Waals surface area (Å²) in [4.78, 5) is 17.8. The molecule has 41 heavy (non-hydrogen) atoms. The molecule has 244 valence electrons. The van der Waals surface area contributed by atoms with Crippen molar-refractivity contribution in [3.05, 3.63) is 12.2 Å². The molecule has 1 amide bonds. The van der Waals surface area contributed by atoms with Crippen LogP contribution in [0.15, 0.2) is 12.2 Å². The van der Waals surface area contributed by atoms with Crippen molar-refractivity contribution in [2.45, 2.75) is 155 Å². The van der Waals surface area contributed by atoms with Crippen LogP contribution in [-0.2, 0) is 9.36 Å². The summed E-state index contributed by atoms with van der Waals surface area (Å²) >= 11 is 0. The van der Waals surface area contributed by atoms with E-state index in [2.05, 4.69) is 32.9 Å². The molecule has 3 unspecified atom stereocenters. The standard InChI is InChI=1S/C35H71N2O3P/c1-6-9-12-14-16-17-18-19-20-21-23-25-28-37(31-34(38)32-41(40)30-29-36(4)5)35(39)33(26-11-8-3)27-24-22-15-13-10-7-2/h20-21,33-34,38,41H,6-19,22-32H2,1-5H3. The average Bonchev–Trinajstić information content (AvgIpc) is 2.94. The lowest BCUT2D eigenvalue weighted by atomic mass is 9.93. The predicted molar refractivity (Wildman–Crippen MR) is 182 cm³/mol. The third kappa shape index (κ3) is 25.6. The van der Waals surface area contributed by atoms with Crippen LogP contribution in [0.5, 0.6) is 0 Å². The number of carbonyl (C=O) groups is 1. The molecule has 1 N–H and O–H groups in total. The summed E-state index contributed by atoms with van der Waals surface area (Å²) < 4.78 is 12.6. The second-order valence-electron chi connectivity index (χ2n) is 12.7. The minimum Gasteiger partial charge on any atom is -0.391 e. The molecule has 0 aromatic rings. The topological polar surface area (TPSA) is 60.9 Å². The van der Waals surface area contributed by atoms with E-state index in [1.807, 2.05) is 23.9 Å². The summed E-state index contributed by atoms with van der Waals surface area (Å²) in [5, 5.41) is 10.9. The summed E-state index contributed by atoms with van der Waals surface area (Å²) in [5.41, 5.74) is 0. The lowest BCUT2D eigenvalue weighted by Gasteiger charge is -2.29. The van der Waals surface area contributed by atoms with Gasteiger partial charge in [-0.05, 0) is 52.6 Å². The molecule has 0 radical (unpaired) electrons. The van der Waals surface area contributed by atoms with Crippen LogP contribution in [0.3, 0.4) is 0 Å². The van der Waals surface area contributed by atoms with Gasteiger partial charge >= 0.3 is 0 Å². The monoisotopic (exact) mass is 599 g/mol. The maximum Gasteiger partial charge on any atom is 0.225 e. The van der Waals surface area contributed by atoms with E-state index < -0.39 is 13.9 Å². The number of unbranched alkanes of at least 4 members (excludes halogenated alkanes) is 14. The number of allylic oxidation sites excluding steroid dienone is 2. The average molecular weight is 599 g/mol. The van der Waals surface area contributed by atoms with E-state index in [1.165, 1.54) is 77.0 Å². The Balaban J connectivity index is 4.93. The molecule has 6 heteroatoms. The Morgan fingerprint density at radius 1 is 0.707 bits per heavy atom. The van der Waals surface area contributed by atoms with Gasteiger partial charge < -0.3 is 19.5 Å². The van der Waals surface area contributed by atoms with Crippen LogP contribution in [0.25, 0.3) is 0 Å². The van der Waals surface area contributed by atoms with Crippen LogP contribution < -0.4 is 0 Å². The Bertz CT molecular complexity index is 641. The molecular formula is C35H71N2O3P. The number of carbonyl (C=O) groups excluding carboxylic acids is 1. The van der Waals surface area contributed by atoms with E-state index in [0.717, 1.165) is 57.9 Å². The normalized spacial score (nSPS) is 14.1. The lowest BCUT2D eigenvalue weighted by Crippen LogP contribution is -2.42. The van der Waals surface area contributed by atoms with Crippen LogP contribution in [0, 0.1) is 5.92 Å². The van der Waals surface area contributed by atoms with Crippen molar-refractivity contribution in [2.24, 2.45) is 5.92 Å². The van der Waals surface area contributed by atoms with Crippen molar-refractivity contribution in [3.8, 4) is 0 Å². The first-order valence-electron chi connectivity index (χ1n) is 17.6. The fourth-order valence-corrected chi connectivity index (χ4v) is 7.01. The van der Waals surface area contributed by atoms with E-state index in [9.17, 15) is 14.5 Å². The molecule has 0 aliphatic carbocycles. The van der Waals surface area contributed by atoms with Gasteiger partial charge in [-0.25, -0.2) is 0 Å². The molecule has 0 saturated carbocycles. The second-order valence-corrected chi connectivity index (χ2v) is 14.6. The van der Waals surface area contributed by atoms with Gasteiger partial charge in [0.05, 0.1) is 13.9 Å². The van der Waals surface area contributed by atoms with Gasteiger partial charge in [0.2, 0.25) is 5.91 Å². The molecule has 3 atom stereocenters. The highest BCUT2D eigenvalue weighted by molar-refractivity contribution is 7.44. The van der Waals surface area contributed by atoms with Crippen molar-refractivity contribution in [1.29, 1.82) is 0 Å². The number of rotatable bonds is 30. The zero-order valence-electron chi connectivity index (χ0n) is 28.1. The minimum absolute atomic E-state index is 0.0481. The van der Waals surface area contributed by atoms with Gasteiger partial charge in [0.1, 0.15) is 0 Å². The number of nitrogens with zero attached hydrogens (tertiary/aromatic N) is 2. The smallest absolute Gasteiger partial charge is 0.225 e. The van der Waals surface area contributed by atoms with E-state index >= 15 is 0 Å². The van der Waals surface area contributed by atoms with Crippen LogP contribution in [-0.4, -0.2) is 73.0 Å². The number of aliphatic hydroxyl groups excluding tert-OH is 1. The third-order valence-corrected chi connectivity index (χ3v) is 9.85. The van der Waals surface area contributed by atoms with Crippen LogP contribution >= 0.6 is 7.80 Å². The maximum absolute atomic E-state index is 13.8. The Morgan fingerprint density at radius 3 is 1.80 bits per heavy atom. The molecule has 0 heterocycles. The zero-order valence-corrected chi connectivity index (χ0v) is 29.1. The Morgan fingerprint density at radius 2 is 1.22 bits per heavy atom. The molecule has 0 aromatic carbocycles. The van der Waals surface area contributed by atoms with Gasteiger partial charge in [0.25, 0.3) is 0 Å². The lowest BCUT2D eigenvalue weighted by molar-refractivity contribution is -0.137. The van der Waals surface area contributed by atoms with E-state index in [1.54, 1.807) is 0 Å². The largest absolute Gasteiger partial charge is 0.391 e. The Hall–Kier alpha value is -0.640. The number of aliphatic hydroxyl groups is 1. The predicted octanol–water partition coefficient (Wildman–Crippen LogP) is 9.33. The Labute approximate surface area is 257 Å². The minimum atomic E-state index is -1.85. The van der Waals surface area contributed by atoms with Crippen LogP contribution in [0.4, 0.5) is 0 Å². The molecular weight excluding hydrogens is 527 g/mol. The van der Waals surface area contributed by atoms with Gasteiger partial charge in [-0.2, -0.15) is 0 Å². The number of hydrogen-bond acceptors (Lipinski definition) is 4. The summed E-state index contributed by atoms with van der Waals surface area (Å²) in [7, 11) is 2.11. The van der Waals surface area contributed by atoms with Gasteiger partial charge in [-0.3, -0.25) is 4.79 Å². The highest BCUT2D eigenvalue weighted by Gasteiger charge is 2.25. The molecule has 0 saturated heterocycles. The number of amides is 1. The molecule has 0 aliphatic heterocycles. The molecule has 0 fully saturated rings. The van der Waals surface area contributed by atoms with E-state index in [4.69, 9.17) is 0 Å². The molecule has 5 nitrogen and oxygen atoms in total. The first kappa shape index (κ1) is 40.4. The van der Waals surface area contributed by atoms with Crippen LogP contribution in [0.1, 0.15) is 149 Å². The van der Waals surface area contributed by atoms with Gasteiger partial charge in [-0.15, -0.1) is 0 Å². The highest BCUT2D eigenvalue weighted by atomic mass is 31.1. The number of hydrogen-bond donors (Lipinski definition) is 1. The van der Waals surface area contributed by atoms with Crippen LogP contribution in [0.2, 0.25) is 0 Å². The highest BCUT2D eigenvalue weighted by Crippen LogP contribution is 2.24. The molecule has 0 rings (SSSR count). The fourth-order valence-electron chi connectivity index (χ4n) is 5.45. The summed E-state index contributed by atoms with van der Waals surface area (Å²) in [6.45, 7) is 8.47. The fraction of sp³-hybridized carbons (Fsp3) is 0.914. The Kier molecular flexibility index (Phi) is 29.0. The maximum atomic E-state index is 13.8. The molecule has 0 aliphatic rings. The first-order valence-corrected chi connectivity index (χ1v) is 19.5. The molecule has 0 spiro atoms. The summed E-state index contributed by atoms with van der Waals surface area (Å²) in [5.74, 6) is 0.262. The molecule has 0 aromatic heterocycles. The van der Waals surface area contributed by atoms with Crippen molar-refractivity contribution in [1.82, 2.24) is 9.80 Å². The first-order chi connectivity index (χ1) is 19.8. The van der Waals surface area contributed by atoms with Gasteiger partial charge in [-0.1, -0.05) is 123 Å². The summed E-state index contributed by atoms with van der Waals surface area (Å²) in [6, 6.07) is 0. The molecule has 0 bridgehead atoms. The zero-order chi connectivity index (χ0) is 30.6. The van der Waals surface area contributed by atoms with E-state index in [0.29, 0.717) is 25.4 Å². The van der Waals surface area contributed by atoms with Crippen molar-refractivity contribution < 1.29 is 14.5 Å². The quantitative estimate of drug-likeness (QED) is 0.0508.